The standard InChI is InChI=1S/C9H13N3O2S/c1-2-3-7(10)8(13)11-4-6-5-15-9(14)12-6/h2,5,7H,1,3-4,10H2,(H,11,13)(H,12,14). The Morgan fingerprint density at radius 1 is 1.80 bits per heavy atom. The van der Waals surface area contributed by atoms with Gasteiger partial charge in [0.1, 0.15) is 0 Å². The van der Waals surface area contributed by atoms with E-state index in [1.807, 2.05) is 0 Å². The molecule has 1 rings (SSSR count). The summed E-state index contributed by atoms with van der Waals surface area (Å²) >= 11 is 1.06. The highest BCUT2D eigenvalue weighted by Crippen LogP contribution is 1.95. The summed E-state index contributed by atoms with van der Waals surface area (Å²) in [5.74, 6) is -0.248. The van der Waals surface area contributed by atoms with E-state index in [9.17, 15) is 9.59 Å². The van der Waals surface area contributed by atoms with E-state index in [0.29, 0.717) is 18.7 Å². The fraction of sp³-hybridized carbons (Fsp3) is 0.333. The molecule has 0 aliphatic heterocycles. The van der Waals surface area contributed by atoms with Crippen molar-refractivity contribution in [1.82, 2.24) is 10.3 Å². The van der Waals surface area contributed by atoms with E-state index in [4.69, 9.17) is 5.73 Å². The van der Waals surface area contributed by atoms with Crippen LogP contribution in [0.15, 0.2) is 22.8 Å². The molecule has 0 aliphatic carbocycles. The minimum Gasteiger partial charge on any atom is -0.349 e. The number of aromatic nitrogens is 1. The molecule has 0 aromatic carbocycles. The number of H-pyrrole nitrogens is 1. The summed E-state index contributed by atoms with van der Waals surface area (Å²) in [7, 11) is 0. The van der Waals surface area contributed by atoms with Gasteiger partial charge in [0.15, 0.2) is 0 Å². The van der Waals surface area contributed by atoms with E-state index in [0.717, 1.165) is 11.3 Å². The Kier molecular flexibility index (Phi) is 4.26. The van der Waals surface area contributed by atoms with Crippen LogP contribution in [0.3, 0.4) is 0 Å². The largest absolute Gasteiger partial charge is 0.349 e. The lowest BCUT2D eigenvalue weighted by Crippen LogP contribution is -2.39. The first-order valence-electron chi connectivity index (χ1n) is 4.44. The smallest absolute Gasteiger partial charge is 0.304 e. The van der Waals surface area contributed by atoms with E-state index >= 15 is 0 Å². The van der Waals surface area contributed by atoms with Gasteiger partial charge in [-0.3, -0.25) is 9.59 Å². The van der Waals surface area contributed by atoms with Crippen molar-refractivity contribution >= 4 is 17.2 Å². The van der Waals surface area contributed by atoms with Gasteiger partial charge in [0, 0.05) is 11.1 Å². The average molecular weight is 227 g/mol. The van der Waals surface area contributed by atoms with Crippen LogP contribution in [0, 0.1) is 0 Å². The summed E-state index contributed by atoms with van der Waals surface area (Å²) in [5, 5.41) is 4.29. The molecule has 4 N–H and O–H groups in total. The first-order chi connectivity index (χ1) is 7.13. The van der Waals surface area contributed by atoms with Crippen LogP contribution >= 0.6 is 11.3 Å². The second kappa shape index (κ2) is 5.47. The molecule has 0 radical (unpaired) electrons. The van der Waals surface area contributed by atoms with Crippen molar-refractivity contribution in [3.05, 3.63) is 33.4 Å². The average Bonchev–Trinajstić information content (AvgIpc) is 2.61. The minimum absolute atomic E-state index is 0.130. The fourth-order valence-corrected chi connectivity index (χ4v) is 1.58. The second-order valence-electron chi connectivity index (χ2n) is 3.02. The van der Waals surface area contributed by atoms with Gasteiger partial charge >= 0.3 is 4.87 Å². The molecule has 0 bridgehead atoms. The van der Waals surface area contributed by atoms with Gasteiger partial charge in [-0.1, -0.05) is 17.4 Å². The molecule has 0 fully saturated rings. The van der Waals surface area contributed by atoms with Crippen LogP contribution < -0.4 is 15.9 Å². The Bertz CT molecular complexity index is 396. The van der Waals surface area contributed by atoms with Crippen LogP contribution in [0.5, 0.6) is 0 Å². The third-order valence-electron chi connectivity index (χ3n) is 1.78. The molecule has 0 aliphatic rings. The molecule has 1 aromatic rings. The summed E-state index contributed by atoms with van der Waals surface area (Å²) in [6.07, 6.45) is 2.03. The molecular weight excluding hydrogens is 214 g/mol. The van der Waals surface area contributed by atoms with Crippen molar-refractivity contribution in [2.45, 2.75) is 19.0 Å². The number of nitrogens with two attached hydrogens (primary N) is 1. The van der Waals surface area contributed by atoms with Crippen molar-refractivity contribution in [2.24, 2.45) is 5.73 Å². The van der Waals surface area contributed by atoms with Gasteiger partial charge in [-0.15, -0.1) is 6.58 Å². The van der Waals surface area contributed by atoms with Crippen molar-refractivity contribution < 1.29 is 4.79 Å². The molecule has 0 saturated heterocycles. The first-order valence-corrected chi connectivity index (χ1v) is 5.32. The molecule has 15 heavy (non-hydrogen) atoms. The maximum Gasteiger partial charge on any atom is 0.304 e. The Morgan fingerprint density at radius 2 is 2.53 bits per heavy atom. The normalized spacial score (nSPS) is 12.1. The Hall–Kier alpha value is -1.40. The van der Waals surface area contributed by atoms with Crippen LogP contribution in [0.4, 0.5) is 0 Å². The molecule has 0 spiro atoms. The topological polar surface area (TPSA) is 88.0 Å². The first kappa shape index (κ1) is 11.7. The van der Waals surface area contributed by atoms with Crippen LogP contribution in [0.25, 0.3) is 0 Å². The lowest BCUT2D eigenvalue weighted by molar-refractivity contribution is -0.122. The quantitative estimate of drug-likeness (QED) is 0.616. The van der Waals surface area contributed by atoms with E-state index in [1.165, 1.54) is 0 Å². The van der Waals surface area contributed by atoms with Crippen LogP contribution in [0.2, 0.25) is 0 Å². The molecule has 1 unspecified atom stereocenters. The Balaban J connectivity index is 2.40. The molecular formula is C9H13N3O2S. The number of nitrogens with one attached hydrogen (secondary N) is 2. The number of carbonyl (C=O) groups excluding carboxylic acids is 1. The maximum absolute atomic E-state index is 11.3. The van der Waals surface area contributed by atoms with Gasteiger partial charge in [0.2, 0.25) is 5.91 Å². The number of aromatic amines is 1. The molecule has 1 aromatic heterocycles. The fourth-order valence-electron chi connectivity index (χ4n) is 1.00. The van der Waals surface area contributed by atoms with Gasteiger partial charge < -0.3 is 16.0 Å². The summed E-state index contributed by atoms with van der Waals surface area (Å²) < 4.78 is 0. The number of carbonyl (C=O) groups is 1. The van der Waals surface area contributed by atoms with E-state index < -0.39 is 6.04 Å². The predicted molar refractivity (Wildman–Crippen MR) is 59.6 cm³/mol. The van der Waals surface area contributed by atoms with Crippen LogP contribution in [-0.4, -0.2) is 16.9 Å². The SMILES string of the molecule is C=CCC(N)C(=O)NCc1csc(=O)[nH]1. The highest BCUT2D eigenvalue weighted by Gasteiger charge is 2.10. The maximum atomic E-state index is 11.3. The van der Waals surface area contributed by atoms with Crippen molar-refractivity contribution in [2.75, 3.05) is 0 Å². The van der Waals surface area contributed by atoms with Gasteiger partial charge in [-0.25, -0.2) is 0 Å². The van der Waals surface area contributed by atoms with Crippen molar-refractivity contribution in [3.63, 3.8) is 0 Å². The van der Waals surface area contributed by atoms with Crippen molar-refractivity contribution in [1.29, 1.82) is 0 Å². The third-order valence-corrected chi connectivity index (χ3v) is 2.50. The van der Waals surface area contributed by atoms with Crippen LogP contribution in [-0.2, 0) is 11.3 Å². The minimum atomic E-state index is -0.576. The van der Waals surface area contributed by atoms with Gasteiger partial charge in [-0.05, 0) is 6.42 Å². The zero-order valence-electron chi connectivity index (χ0n) is 8.16. The summed E-state index contributed by atoms with van der Waals surface area (Å²) in [4.78, 5) is 24.6. The van der Waals surface area contributed by atoms with Crippen molar-refractivity contribution in [3.8, 4) is 0 Å². The molecule has 1 amide bonds. The highest BCUT2D eigenvalue weighted by atomic mass is 32.1. The molecule has 6 heteroatoms. The lowest BCUT2D eigenvalue weighted by Gasteiger charge is -2.08. The predicted octanol–water partition coefficient (Wildman–Crippen LogP) is -0.0440. The van der Waals surface area contributed by atoms with Gasteiger partial charge in [-0.2, -0.15) is 0 Å². The monoisotopic (exact) mass is 227 g/mol. The molecule has 1 heterocycles. The molecule has 1 atom stereocenters. The zero-order valence-corrected chi connectivity index (χ0v) is 8.97. The van der Waals surface area contributed by atoms with Gasteiger partial charge in [0.05, 0.1) is 12.6 Å². The van der Waals surface area contributed by atoms with Crippen LogP contribution in [0.1, 0.15) is 12.1 Å². The lowest BCUT2D eigenvalue weighted by atomic mass is 10.2. The van der Waals surface area contributed by atoms with Gasteiger partial charge in [0.25, 0.3) is 0 Å². The molecule has 0 saturated carbocycles. The second-order valence-corrected chi connectivity index (χ2v) is 3.86. The zero-order chi connectivity index (χ0) is 11.3. The Labute approximate surface area is 91.0 Å². The number of hydrogen-bond acceptors (Lipinski definition) is 4. The summed E-state index contributed by atoms with van der Waals surface area (Å²) in [6, 6.07) is -0.576. The summed E-state index contributed by atoms with van der Waals surface area (Å²) in [5.41, 5.74) is 6.23. The van der Waals surface area contributed by atoms with E-state index in [1.54, 1.807) is 11.5 Å². The Morgan fingerprint density at radius 3 is 3.07 bits per heavy atom. The van der Waals surface area contributed by atoms with E-state index in [2.05, 4.69) is 16.9 Å². The number of hydrogen-bond donors (Lipinski definition) is 3. The number of rotatable bonds is 5. The van der Waals surface area contributed by atoms with E-state index in [-0.39, 0.29) is 10.8 Å². The molecule has 82 valence electrons. The molecule has 5 nitrogen and oxygen atoms in total. The number of thiazole rings is 1. The highest BCUT2D eigenvalue weighted by molar-refractivity contribution is 7.07. The number of amides is 1. The summed E-state index contributed by atoms with van der Waals surface area (Å²) in [6.45, 7) is 3.79. The third kappa shape index (κ3) is 3.69.